The van der Waals surface area contributed by atoms with E-state index in [0.717, 1.165) is 17.5 Å². The molecule has 0 aliphatic carbocycles. The number of aryl methyl sites for hydroxylation is 1. The van der Waals surface area contributed by atoms with Crippen LogP contribution in [0.1, 0.15) is 29.4 Å². The van der Waals surface area contributed by atoms with Gasteiger partial charge in [-0.25, -0.2) is 10.5 Å². The lowest BCUT2D eigenvalue weighted by Gasteiger charge is -2.17. The number of primary amides is 1. The minimum atomic E-state index is -0.568. The molecule has 1 aromatic carbocycles. The highest BCUT2D eigenvalue weighted by atomic mass is 35.5. The Morgan fingerprint density at radius 2 is 2.11 bits per heavy atom. The average molecular weight is 501 g/mol. The average Bonchev–Trinajstić information content (AvgIpc) is 3.16. The number of amidine groups is 1. The van der Waals surface area contributed by atoms with Crippen LogP contribution in [-0.4, -0.2) is 44.7 Å². The molecular weight excluding hydrogens is 472 g/mol. The van der Waals surface area contributed by atoms with Crippen molar-refractivity contribution in [1.82, 2.24) is 19.4 Å². The van der Waals surface area contributed by atoms with E-state index < -0.39 is 5.91 Å². The summed E-state index contributed by atoms with van der Waals surface area (Å²) in [5, 5.41) is 13.7. The van der Waals surface area contributed by atoms with E-state index in [2.05, 4.69) is 15.5 Å². The highest BCUT2D eigenvalue weighted by Crippen LogP contribution is 2.23. The highest BCUT2D eigenvalue weighted by Gasteiger charge is 2.20. The number of nitrogens with two attached hydrogens (primary N) is 4. The number of carbonyl (C=O) groups excluding carboxylic acids is 1. The summed E-state index contributed by atoms with van der Waals surface area (Å²) in [5.41, 5.74) is 11.8. The number of benzene rings is 1. The normalized spacial score (nSPS) is 12.5. The lowest BCUT2D eigenvalue weighted by Crippen LogP contribution is -2.36. The van der Waals surface area contributed by atoms with E-state index in [0.29, 0.717) is 41.6 Å². The van der Waals surface area contributed by atoms with Crippen molar-refractivity contribution in [3.63, 3.8) is 0 Å². The molecule has 1 aliphatic heterocycles. The number of nitrogens with one attached hydrogen (secondary N) is 1. The molecule has 9 N–H and O–H groups in total. The van der Waals surface area contributed by atoms with Crippen LogP contribution in [0.5, 0.6) is 0 Å². The Labute approximate surface area is 206 Å². The van der Waals surface area contributed by atoms with E-state index in [1.807, 2.05) is 31.2 Å². The van der Waals surface area contributed by atoms with Gasteiger partial charge in [0.2, 0.25) is 0 Å². The van der Waals surface area contributed by atoms with Gasteiger partial charge in [-0.2, -0.15) is 5.10 Å². The maximum absolute atomic E-state index is 12.8. The zero-order chi connectivity index (χ0) is 25.7. The van der Waals surface area contributed by atoms with E-state index in [9.17, 15) is 9.59 Å². The van der Waals surface area contributed by atoms with E-state index in [1.54, 1.807) is 23.9 Å². The van der Waals surface area contributed by atoms with Crippen molar-refractivity contribution < 1.29 is 4.79 Å². The summed E-state index contributed by atoms with van der Waals surface area (Å²) in [4.78, 5) is 23.7. The standard InChI is InChI=1S/C15H20ClN5O.C7H9N5O/c1-3-11-9-10-5-4-6-12(16)14(10)15(22)21(11)8-7-13(19-17)20(2)18;8-5-4(6(9)13)7-10-2-1-3-12(7)11-5/h4-6,9H,3,7-8,17-18H2,1-2H3;1,3,10H,2H2,(H2,8,11)(H2,9,13)/b19-13-;. The van der Waals surface area contributed by atoms with Gasteiger partial charge in [0.25, 0.3) is 11.5 Å². The van der Waals surface area contributed by atoms with Crippen LogP contribution in [0.3, 0.4) is 0 Å². The predicted molar refractivity (Wildman–Crippen MR) is 140 cm³/mol. The molecule has 35 heavy (non-hydrogen) atoms. The number of hydrogen-bond donors (Lipinski definition) is 5. The van der Waals surface area contributed by atoms with Crippen LogP contribution in [0.4, 0.5) is 11.6 Å². The first-order valence-electron chi connectivity index (χ1n) is 10.8. The molecule has 12 nitrogen and oxygen atoms in total. The number of hydrazine groups is 1. The number of aromatic nitrogens is 3. The molecule has 0 bridgehead atoms. The van der Waals surface area contributed by atoms with Crippen LogP contribution in [0, 0.1) is 0 Å². The summed E-state index contributed by atoms with van der Waals surface area (Å²) >= 11 is 6.18. The fraction of sp³-hybridized carbons (Fsp3) is 0.273. The zero-order valence-electron chi connectivity index (χ0n) is 19.5. The molecule has 13 heteroatoms. The van der Waals surface area contributed by atoms with Gasteiger partial charge in [-0.3, -0.25) is 9.59 Å². The minimum absolute atomic E-state index is 0.101. The van der Waals surface area contributed by atoms with Gasteiger partial charge in [0.05, 0.1) is 10.4 Å². The summed E-state index contributed by atoms with van der Waals surface area (Å²) in [6, 6.07) is 7.46. The number of amides is 1. The number of halogens is 1. The number of rotatable bonds is 5. The molecule has 3 aromatic rings. The molecule has 4 rings (SSSR count). The molecule has 0 saturated carbocycles. The molecule has 186 valence electrons. The molecule has 0 fully saturated rings. The summed E-state index contributed by atoms with van der Waals surface area (Å²) in [5.74, 6) is 11.6. The van der Waals surface area contributed by atoms with Crippen LogP contribution in [0.25, 0.3) is 17.0 Å². The van der Waals surface area contributed by atoms with Crippen molar-refractivity contribution in [2.24, 2.45) is 22.5 Å². The minimum Gasteiger partial charge on any atom is -0.381 e. The fourth-order valence-corrected chi connectivity index (χ4v) is 4.03. The van der Waals surface area contributed by atoms with Crippen molar-refractivity contribution in [2.75, 3.05) is 24.6 Å². The molecule has 1 aliphatic rings. The summed E-state index contributed by atoms with van der Waals surface area (Å²) in [7, 11) is 1.66. The highest BCUT2D eigenvalue weighted by molar-refractivity contribution is 6.35. The molecule has 3 heterocycles. The first-order chi connectivity index (χ1) is 16.7. The Morgan fingerprint density at radius 1 is 1.37 bits per heavy atom. The SMILES string of the molecule is CCc1cc2cccc(Cl)c2c(=O)n1CC/C(=N/N)N(C)N.NC(=O)c1c(N)nn2c1NCC=C2. The van der Waals surface area contributed by atoms with Crippen molar-refractivity contribution in [1.29, 1.82) is 0 Å². The summed E-state index contributed by atoms with van der Waals surface area (Å²) < 4.78 is 3.21. The van der Waals surface area contributed by atoms with E-state index in [-0.39, 0.29) is 16.9 Å². The second-order valence-corrected chi connectivity index (χ2v) is 8.15. The summed E-state index contributed by atoms with van der Waals surface area (Å²) in [6.45, 7) is 3.10. The number of carbonyl (C=O) groups is 1. The Hall–Kier alpha value is -4.03. The van der Waals surface area contributed by atoms with Gasteiger partial charge in [0.1, 0.15) is 17.2 Å². The van der Waals surface area contributed by atoms with Gasteiger partial charge in [0.15, 0.2) is 5.82 Å². The molecule has 2 aromatic heterocycles. The van der Waals surface area contributed by atoms with Gasteiger partial charge in [-0.1, -0.05) is 30.7 Å². The molecule has 1 amide bonds. The van der Waals surface area contributed by atoms with Gasteiger partial charge >= 0.3 is 0 Å². The lowest BCUT2D eigenvalue weighted by molar-refractivity contribution is 0.100. The van der Waals surface area contributed by atoms with Crippen LogP contribution >= 0.6 is 11.6 Å². The third kappa shape index (κ3) is 5.39. The number of fused-ring (bicyclic) bond motifs is 2. The Balaban J connectivity index is 0.000000223. The van der Waals surface area contributed by atoms with Crippen LogP contribution in [0.2, 0.25) is 5.02 Å². The molecular formula is C22H29ClN10O2. The first kappa shape index (κ1) is 25.6. The third-order valence-electron chi connectivity index (χ3n) is 5.47. The van der Waals surface area contributed by atoms with Gasteiger partial charge < -0.3 is 32.2 Å². The second-order valence-electron chi connectivity index (χ2n) is 7.74. The van der Waals surface area contributed by atoms with Crippen molar-refractivity contribution in [3.8, 4) is 0 Å². The lowest BCUT2D eigenvalue weighted by atomic mass is 10.1. The fourth-order valence-electron chi connectivity index (χ4n) is 3.77. The number of nitrogens with zero attached hydrogens (tertiary/aromatic N) is 5. The molecule has 0 radical (unpaired) electrons. The Morgan fingerprint density at radius 3 is 2.74 bits per heavy atom. The second kappa shape index (κ2) is 10.9. The molecule has 0 saturated heterocycles. The van der Waals surface area contributed by atoms with E-state index >= 15 is 0 Å². The number of hydrazone groups is 1. The topological polar surface area (TPSA) is 189 Å². The van der Waals surface area contributed by atoms with Gasteiger partial charge in [-0.15, -0.1) is 5.10 Å². The first-order valence-corrected chi connectivity index (χ1v) is 11.2. The number of anilines is 2. The third-order valence-corrected chi connectivity index (χ3v) is 5.78. The van der Waals surface area contributed by atoms with Crippen LogP contribution in [-0.2, 0) is 13.0 Å². The largest absolute Gasteiger partial charge is 0.381 e. The maximum atomic E-state index is 12.8. The molecule has 0 spiro atoms. The van der Waals surface area contributed by atoms with Crippen LogP contribution in [0.15, 0.2) is 40.2 Å². The Kier molecular flexibility index (Phi) is 7.99. The quantitative estimate of drug-likeness (QED) is 0.149. The van der Waals surface area contributed by atoms with Crippen molar-refractivity contribution in [3.05, 3.63) is 57.0 Å². The molecule has 0 unspecified atom stereocenters. The van der Waals surface area contributed by atoms with Crippen molar-refractivity contribution >= 4 is 52.0 Å². The number of pyridine rings is 1. The molecule has 0 atom stereocenters. The number of hydrogen-bond acceptors (Lipinski definition) is 8. The van der Waals surface area contributed by atoms with Crippen LogP contribution < -0.4 is 34.0 Å². The maximum Gasteiger partial charge on any atom is 0.260 e. The van der Waals surface area contributed by atoms with Gasteiger partial charge in [0, 0.05) is 38.5 Å². The Bertz CT molecular complexity index is 1360. The van der Waals surface area contributed by atoms with E-state index in [1.165, 1.54) is 9.69 Å². The monoisotopic (exact) mass is 500 g/mol. The van der Waals surface area contributed by atoms with Crippen molar-refractivity contribution in [2.45, 2.75) is 26.3 Å². The van der Waals surface area contributed by atoms with E-state index in [4.69, 9.17) is 34.8 Å². The predicted octanol–water partition coefficient (Wildman–Crippen LogP) is 1.15. The number of nitrogen functional groups attached to an aromatic ring is 1. The smallest absolute Gasteiger partial charge is 0.260 e. The van der Waals surface area contributed by atoms with Gasteiger partial charge in [-0.05, 0) is 30.0 Å². The zero-order valence-corrected chi connectivity index (χ0v) is 20.3. The summed E-state index contributed by atoms with van der Waals surface area (Å²) in [6.07, 6.45) is 4.80.